The summed E-state index contributed by atoms with van der Waals surface area (Å²) in [4.78, 5) is 26.3. The van der Waals surface area contributed by atoms with Crippen molar-refractivity contribution in [3.05, 3.63) is 71.3 Å². The summed E-state index contributed by atoms with van der Waals surface area (Å²) in [6, 6.07) is 12.2. The van der Waals surface area contributed by atoms with Gasteiger partial charge in [0.2, 0.25) is 5.91 Å². The lowest BCUT2D eigenvalue weighted by molar-refractivity contribution is -0.122. The maximum atomic E-state index is 13.7. The molecule has 1 aliphatic rings. The summed E-state index contributed by atoms with van der Waals surface area (Å²) in [7, 11) is 0. The molecule has 0 bridgehead atoms. The molecule has 28 heavy (non-hydrogen) atoms. The number of carbonyl (C=O) groups excluding carboxylic acids is 2. The quantitative estimate of drug-likeness (QED) is 0.801. The molecular weight excluding hydrogens is 364 g/mol. The third-order valence-corrected chi connectivity index (χ3v) is 4.84. The van der Waals surface area contributed by atoms with E-state index in [1.165, 1.54) is 18.2 Å². The van der Waals surface area contributed by atoms with E-state index in [4.69, 9.17) is 0 Å². The van der Waals surface area contributed by atoms with Gasteiger partial charge < -0.3 is 10.6 Å². The van der Waals surface area contributed by atoms with Crippen molar-refractivity contribution in [1.82, 2.24) is 15.5 Å². The third kappa shape index (κ3) is 5.36. The van der Waals surface area contributed by atoms with Gasteiger partial charge in [0.05, 0.1) is 12.1 Å². The van der Waals surface area contributed by atoms with Gasteiger partial charge in [0, 0.05) is 31.2 Å². The molecule has 1 saturated heterocycles. The molecule has 0 saturated carbocycles. The number of nitrogens with one attached hydrogen (secondary N) is 2. The van der Waals surface area contributed by atoms with Crippen LogP contribution in [0.2, 0.25) is 0 Å². The summed E-state index contributed by atoms with van der Waals surface area (Å²) < 4.78 is 27.3. The number of likely N-dealkylation sites (tertiary alicyclic amines) is 1. The normalized spacial score (nSPS) is 15.2. The van der Waals surface area contributed by atoms with Crippen molar-refractivity contribution in [3.8, 4) is 0 Å². The molecule has 1 aliphatic heterocycles. The SMILES string of the molecule is O=C(CN1CCC(NC(=O)c2ccccc2F)CC1)NCc1ccccc1F. The zero-order valence-electron chi connectivity index (χ0n) is 15.5. The van der Waals surface area contributed by atoms with E-state index in [9.17, 15) is 18.4 Å². The fourth-order valence-electron chi connectivity index (χ4n) is 3.24. The van der Waals surface area contributed by atoms with Gasteiger partial charge in [-0.25, -0.2) is 8.78 Å². The Bertz CT molecular complexity index is 836. The largest absolute Gasteiger partial charge is 0.351 e. The van der Waals surface area contributed by atoms with E-state index in [1.807, 2.05) is 4.90 Å². The number of rotatable bonds is 6. The standard InChI is InChI=1S/C21H23F2N3O2/c22-18-7-3-1-5-15(18)13-24-20(27)14-26-11-9-16(10-12-26)25-21(28)17-6-2-4-8-19(17)23/h1-8,16H,9-14H2,(H,24,27)(H,25,28). The Morgan fingerprint density at radius 2 is 1.61 bits per heavy atom. The average Bonchev–Trinajstić information content (AvgIpc) is 2.69. The van der Waals surface area contributed by atoms with Crippen LogP contribution in [0.3, 0.4) is 0 Å². The van der Waals surface area contributed by atoms with E-state index in [2.05, 4.69) is 10.6 Å². The number of carbonyl (C=O) groups is 2. The molecule has 1 fully saturated rings. The first-order chi connectivity index (χ1) is 13.5. The molecule has 2 amide bonds. The van der Waals surface area contributed by atoms with Crippen LogP contribution in [0, 0.1) is 11.6 Å². The first-order valence-electron chi connectivity index (χ1n) is 9.31. The fourth-order valence-corrected chi connectivity index (χ4v) is 3.24. The highest BCUT2D eigenvalue weighted by molar-refractivity contribution is 5.94. The molecule has 0 spiro atoms. The van der Waals surface area contributed by atoms with Crippen LogP contribution in [0.4, 0.5) is 8.78 Å². The van der Waals surface area contributed by atoms with Gasteiger partial charge in [-0.1, -0.05) is 30.3 Å². The number of nitrogens with zero attached hydrogens (tertiary/aromatic N) is 1. The molecule has 7 heteroatoms. The maximum Gasteiger partial charge on any atom is 0.254 e. The topological polar surface area (TPSA) is 61.4 Å². The molecule has 2 N–H and O–H groups in total. The number of benzene rings is 2. The molecule has 0 unspecified atom stereocenters. The van der Waals surface area contributed by atoms with Gasteiger partial charge in [0.25, 0.3) is 5.91 Å². The van der Waals surface area contributed by atoms with Crippen LogP contribution in [0.5, 0.6) is 0 Å². The van der Waals surface area contributed by atoms with Crippen molar-refractivity contribution in [3.63, 3.8) is 0 Å². The highest BCUT2D eigenvalue weighted by atomic mass is 19.1. The van der Waals surface area contributed by atoms with Crippen LogP contribution in [-0.2, 0) is 11.3 Å². The van der Waals surface area contributed by atoms with Crippen LogP contribution in [0.25, 0.3) is 0 Å². The molecule has 0 aromatic heterocycles. The summed E-state index contributed by atoms with van der Waals surface area (Å²) in [6.07, 6.45) is 1.36. The van der Waals surface area contributed by atoms with E-state index in [-0.39, 0.29) is 36.4 Å². The fraction of sp³-hybridized carbons (Fsp3) is 0.333. The Morgan fingerprint density at radius 1 is 0.964 bits per heavy atom. The molecule has 2 aromatic rings. The summed E-state index contributed by atoms with van der Waals surface area (Å²) in [5.74, 6) is -1.46. The van der Waals surface area contributed by atoms with Crippen LogP contribution in [0.15, 0.2) is 48.5 Å². The lowest BCUT2D eigenvalue weighted by Gasteiger charge is -2.31. The van der Waals surface area contributed by atoms with Crippen molar-refractivity contribution in [2.75, 3.05) is 19.6 Å². The molecule has 5 nitrogen and oxygen atoms in total. The zero-order valence-corrected chi connectivity index (χ0v) is 15.5. The first-order valence-corrected chi connectivity index (χ1v) is 9.31. The molecule has 148 valence electrons. The van der Waals surface area contributed by atoms with Crippen LogP contribution in [-0.4, -0.2) is 42.4 Å². The highest BCUT2D eigenvalue weighted by Crippen LogP contribution is 2.13. The number of hydrogen-bond acceptors (Lipinski definition) is 3. The summed E-state index contributed by atoms with van der Waals surface area (Å²) in [5, 5.41) is 5.58. The van der Waals surface area contributed by atoms with Crippen molar-refractivity contribution in [1.29, 1.82) is 0 Å². The minimum absolute atomic E-state index is 0.0393. The van der Waals surface area contributed by atoms with E-state index in [0.29, 0.717) is 31.5 Å². The Balaban J connectivity index is 1.40. The second-order valence-corrected chi connectivity index (χ2v) is 6.87. The summed E-state index contributed by atoms with van der Waals surface area (Å²) in [5.41, 5.74) is 0.489. The zero-order chi connectivity index (χ0) is 19.9. The third-order valence-electron chi connectivity index (χ3n) is 4.84. The summed E-state index contributed by atoms with van der Waals surface area (Å²) in [6.45, 7) is 1.67. The van der Waals surface area contributed by atoms with Crippen molar-refractivity contribution < 1.29 is 18.4 Å². The maximum absolute atomic E-state index is 13.7. The predicted octanol–water partition coefficient (Wildman–Crippen LogP) is 2.48. The Morgan fingerprint density at radius 3 is 2.29 bits per heavy atom. The molecule has 1 heterocycles. The molecule has 3 rings (SSSR count). The van der Waals surface area contributed by atoms with Gasteiger partial charge >= 0.3 is 0 Å². The Kier molecular flexibility index (Phi) is 6.71. The van der Waals surface area contributed by atoms with Gasteiger partial charge in [-0.3, -0.25) is 14.5 Å². The number of hydrogen-bond donors (Lipinski definition) is 2. The average molecular weight is 387 g/mol. The Hall–Kier alpha value is -2.80. The second kappa shape index (κ2) is 9.41. The van der Waals surface area contributed by atoms with Gasteiger partial charge in [-0.15, -0.1) is 0 Å². The van der Waals surface area contributed by atoms with Crippen molar-refractivity contribution in [2.45, 2.75) is 25.4 Å². The van der Waals surface area contributed by atoms with Gasteiger partial charge in [0.1, 0.15) is 11.6 Å². The lowest BCUT2D eigenvalue weighted by atomic mass is 10.0. The molecule has 0 radical (unpaired) electrons. The van der Waals surface area contributed by atoms with Gasteiger partial charge in [-0.05, 0) is 31.0 Å². The first kappa shape index (κ1) is 19.9. The van der Waals surface area contributed by atoms with E-state index >= 15 is 0 Å². The highest BCUT2D eigenvalue weighted by Gasteiger charge is 2.23. The summed E-state index contributed by atoms with van der Waals surface area (Å²) >= 11 is 0. The van der Waals surface area contributed by atoms with Crippen LogP contribution >= 0.6 is 0 Å². The van der Waals surface area contributed by atoms with E-state index < -0.39 is 11.7 Å². The monoisotopic (exact) mass is 387 g/mol. The molecule has 0 atom stereocenters. The Labute approximate surface area is 162 Å². The number of halogens is 2. The van der Waals surface area contributed by atoms with Crippen molar-refractivity contribution in [2.24, 2.45) is 0 Å². The van der Waals surface area contributed by atoms with Gasteiger partial charge in [0.15, 0.2) is 0 Å². The lowest BCUT2D eigenvalue weighted by Crippen LogP contribution is -2.47. The van der Waals surface area contributed by atoms with Crippen LogP contribution in [0.1, 0.15) is 28.8 Å². The van der Waals surface area contributed by atoms with E-state index in [1.54, 1.807) is 30.3 Å². The molecule has 2 aromatic carbocycles. The minimum Gasteiger partial charge on any atom is -0.351 e. The molecular formula is C21H23F2N3O2. The minimum atomic E-state index is -0.538. The van der Waals surface area contributed by atoms with Crippen LogP contribution < -0.4 is 10.6 Å². The smallest absolute Gasteiger partial charge is 0.254 e. The number of piperidine rings is 1. The number of amides is 2. The predicted molar refractivity (Wildman–Crippen MR) is 102 cm³/mol. The van der Waals surface area contributed by atoms with Crippen molar-refractivity contribution >= 4 is 11.8 Å². The van der Waals surface area contributed by atoms with Gasteiger partial charge in [-0.2, -0.15) is 0 Å². The second-order valence-electron chi connectivity index (χ2n) is 6.87. The van der Waals surface area contributed by atoms with E-state index in [0.717, 1.165) is 0 Å². The molecule has 0 aliphatic carbocycles.